The number of rotatable bonds is 3. The first kappa shape index (κ1) is 14.9. The Bertz CT molecular complexity index is 408. The summed E-state index contributed by atoms with van der Waals surface area (Å²) < 4.78 is 1.18. The normalized spacial score (nSPS) is 23.7. The lowest BCUT2D eigenvalue weighted by atomic mass is 9.79. The maximum atomic E-state index is 3.78. The van der Waals surface area contributed by atoms with Crippen LogP contribution in [0.2, 0.25) is 0 Å². The second-order valence-electron chi connectivity index (χ2n) is 6.41. The van der Waals surface area contributed by atoms with E-state index in [2.05, 4.69) is 61.1 Å². The fourth-order valence-electron chi connectivity index (χ4n) is 3.27. The van der Waals surface area contributed by atoms with Crippen molar-refractivity contribution < 1.29 is 0 Å². The lowest BCUT2D eigenvalue weighted by Crippen LogP contribution is -2.28. The van der Waals surface area contributed by atoms with Crippen molar-refractivity contribution in [3.05, 3.63) is 27.7 Å². The fourth-order valence-corrected chi connectivity index (χ4v) is 3.96. The van der Waals surface area contributed by atoms with Crippen LogP contribution in [0.15, 0.2) is 16.6 Å². The van der Waals surface area contributed by atoms with Crippen LogP contribution in [-0.2, 0) is 0 Å². The minimum absolute atomic E-state index is 0.661. The molecule has 0 radical (unpaired) electrons. The smallest absolute Gasteiger partial charge is 0.0402 e. The lowest BCUT2D eigenvalue weighted by Gasteiger charge is -2.32. The molecule has 0 amide bonds. The molecule has 19 heavy (non-hydrogen) atoms. The van der Waals surface area contributed by atoms with Crippen LogP contribution >= 0.6 is 15.9 Å². The molecular weight excluding hydrogens is 298 g/mol. The Balaban J connectivity index is 2.00. The van der Waals surface area contributed by atoms with Crippen LogP contribution in [0.4, 0.5) is 5.69 Å². The minimum Gasteiger partial charge on any atom is -0.382 e. The molecule has 0 aliphatic heterocycles. The zero-order chi connectivity index (χ0) is 14.0. The third kappa shape index (κ3) is 3.75. The van der Waals surface area contributed by atoms with Gasteiger partial charge in [0.2, 0.25) is 0 Å². The summed E-state index contributed by atoms with van der Waals surface area (Å²) in [4.78, 5) is 0. The van der Waals surface area contributed by atoms with Crippen LogP contribution in [-0.4, -0.2) is 6.04 Å². The van der Waals surface area contributed by atoms with Gasteiger partial charge in [0.25, 0.3) is 0 Å². The molecular formula is C17H26BrN. The second kappa shape index (κ2) is 6.30. The third-order valence-electron chi connectivity index (χ3n) is 4.56. The number of anilines is 1. The predicted octanol–water partition coefficient (Wildman–Crippen LogP) is 5.69. The van der Waals surface area contributed by atoms with Crippen molar-refractivity contribution in [3.63, 3.8) is 0 Å². The van der Waals surface area contributed by atoms with E-state index in [9.17, 15) is 0 Å². The number of benzene rings is 1. The van der Waals surface area contributed by atoms with E-state index in [1.54, 1.807) is 0 Å². The van der Waals surface area contributed by atoms with E-state index in [-0.39, 0.29) is 0 Å². The number of halogens is 1. The molecule has 1 saturated carbocycles. The Morgan fingerprint density at radius 1 is 1.05 bits per heavy atom. The van der Waals surface area contributed by atoms with Gasteiger partial charge in [-0.3, -0.25) is 0 Å². The molecule has 1 nitrogen and oxygen atoms in total. The molecule has 1 aromatic rings. The van der Waals surface area contributed by atoms with Gasteiger partial charge in [-0.1, -0.05) is 29.8 Å². The van der Waals surface area contributed by atoms with Gasteiger partial charge in [-0.25, -0.2) is 0 Å². The van der Waals surface area contributed by atoms with E-state index >= 15 is 0 Å². The monoisotopic (exact) mass is 323 g/mol. The van der Waals surface area contributed by atoms with Crippen LogP contribution in [0.1, 0.15) is 50.7 Å². The summed E-state index contributed by atoms with van der Waals surface area (Å²) in [6.45, 7) is 9.11. The fraction of sp³-hybridized carbons (Fsp3) is 0.647. The Morgan fingerprint density at radius 3 is 2.05 bits per heavy atom. The van der Waals surface area contributed by atoms with E-state index in [1.165, 1.54) is 47.0 Å². The molecule has 0 aromatic heterocycles. The highest BCUT2D eigenvalue weighted by atomic mass is 79.9. The molecule has 1 aliphatic rings. The van der Waals surface area contributed by atoms with Crippen LogP contribution in [0.5, 0.6) is 0 Å². The van der Waals surface area contributed by atoms with Crippen LogP contribution in [0, 0.1) is 25.7 Å². The average Bonchev–Trinajstić information content (AvgIpc) is 2.34. The standard InChI is InChI=1S/C17H26BrN/c1-11(2)14-5-7-16(8-6-14)19-17-12(3)9-15(18)10-13(17)4/h9-11,14,16,19H,5-8H2,1-4H3. The zero-order valence-corrected chi connectivity index (χ0v) is 14.2. The first-order valence-electron chi connectivity index (χ1n) is 7.50. The topological polar surface area (TPSA) is 12.0 Å². The molecule has 1 aliphatic carbocycles. The third-order valence-corrected chi connectivity index (χ3v) is 5.02. The van der Waals surface area contributed by atoms with Crippen molar-refractivity contribution in [2.24, 2.45) is 11.8 Å². The molecule has 106 valence electrons. The van der Waals surface area contributed by atoms with Gasteiger partial charge in [0.15, 0.2) is 0 Å². The van der Waals surface area contributed by atoms with Gasteiger partial charge < -0.3 is 5.32 Å². The summed E-state index contributed by atoms with van der Waals surface area (Å²) in [5.74, 6) is 1.78. The SMILES string of the molecule is Cc1cc(Br)cc(C)c1NC1CCC(C(C)C)CC1. The highest BCUT2D eigenvalue weighted by Gasteiger charge is 2.23. The van der Waals surface area contributed by atoms with Crippen molar-refractivity contribution in [2.75, 3.05) is 5.32 Å². The van der Waals surface area contributed by atoms with E-state index < -0.39 is 0 Å². The van der Waals surface area contributed by atoms with Crippen molar-refractivity contribution in [1.82, 2.24) is 0 Å². The van der Waals surface area contributed by atoms with Gasteiger partial charge in [0.1, 0.15) is 0 Å². The summed E-state index contributed by atoms with van der Waals surface area (Å²) >= 11 is 3.57. The quantitative estimate of drug-likeness (QED) is 0.753. The Labute approximate surface area is 126 Å². The summed E-state index contributed by atoms with van der Waals surface area (Å²) in [7, 11) is 0. The molecule has 0 unspecified atom stereocenters. The number of hydrogen-bond acceptors (Lipinski definition) is 1. The van der Waals surface area contributed by atoms with Crippen molar-refractivity contribution >= 4 is 21.6 Å². The molecule has 0 atom stereocenters. The van der Waals surface area contributed by atoms with Crippen molar-refractivity contribution in [2.45, 2.75) is 59.4 Å². The van der Waals surface area contributed by atoms with Crippen LogP contribution in [0.25, 0.3) is 0 Å². The molecule has 0 heterocycles. The molecule has 2 heteroatoms. The largest absolute Gasteiger partial charge is 0.382 e. The molecule has 0 saturated heterocycles. The van der Waals surface area contributed by atoms with Crippen LogP contribution in [0.3, 0.4) is 0 Å². The lowest BCUT2D eigenvalue weighted by molar-refractivity contribution is 0.267. The highest BCUT2D eigenvalue weighted by Crippen LogP contribution is 2.33. The molecule has 0 spiro atoms. The first-order chi connectivity index (χ1) is 8.97. The molecule has 1 N–H and O–H groups in total. The van der Waals surface area contributed by atoms with Gasteiger partial charge in [-0.2, -0.15) is 0 Å². The summed E-state index contributed by atoms with van der Waals surface area (Å²) in [6, 6.07) is 5.07. The second-order valence-corrected chi connectivity index (χ2v) is 7.33. The van der Waals surface area contributed by atoms with E-state index in [1.807, 2.05) is 0 Å². The summed E-state index contributed by atoms with van der Waals surface area (Å²) in [5.41, 5.74) is 4.03. The van der Waals surface area contributed by atoms with Gasteiger partial charge in [-0.05, 0) is 74.6 Å². The molecule has 1 aromatic carbocycles. The van der Waals surface area contributed by atoms with Gasteiger partial charge in [0, 0.05) is 16.2 Å². The number of hydrogen-bond donors (Lipinski definition) is 1. The maximum absolute atomic E-state index is 3.78. The zero-order valence-electron chi connectivity index (χ0n) is 12.6. The Kier molecular flexibility index (Phi) is 4.94. The van der Waals surface area contributed by atoms with Gasteiger partial charge in [-0.15, -0.1) is 0 Å². The molecule has 2 rings (SSSR count). The van der Waals surface area contributed by atoms with E-state index in [0.29, 0.717) is 6.04 Å². The van der Waals surface area contributed by atoms with Gasteiger partial charge in [0.05, 0.1) is 0 Å². The molecule has 0 bridgehead atoms. The maximum Gasteiger partial charge on any atom is 0.0402 e. The minimum atomic E-state index is 0.661. The van der Waals surface area contributed by atoms with Crippen LogP contribution < -0.4 is 5.32 Å². The Hall–Kier alpha value is -0.500. The summed E-state index contributed by atoms with van der Waals surface area (Å²) in [6.07, 6.45) is 5.39. The summed E-state index contributed by atoms with van der Waals surface area (Å²) in [5, 5.41) is 3.78. The number of nitrogens with one attached hydrogen (secondary N) is 1. The molecule has 1 fully saturated rings. The van der Waals surface area contributed by atoms with Gasteiger partial charge >= 0.3 is 0 Å². The predicted molar refractivity (Wildman–Crippen MR) is 87.8 cm³/mol. The highest BCUT2D eigenvalue weighted by molar-refractivity contribution is 9.10. The van der Waals surface area contributed by atoms with Crippen molar-refractivity contribution in [3.8, 4) is 0 Å². The van der Waals surface area contributed by atoms with E-state index in [4.69, 9.17) is 0 Å². The number of aryl methyl sites for hydroxylation is 2. The van der Waals surface area contributed by atoms with E-state index in [0.717, 1.165) is 11.8 Å². The average molecular weight is 324 g/mol. The van der Waals surface area contributed by atoms with Crippen molar-refractivity contribution in [1.29, 1.82) is 0 Å². The first-order valence-corrected chi connectivity index (χ1v) is 8.30. The Morgan fingerprint density at radius 2 is 1.58 bits per heavy atom.